The second-order valence-electron chi connectivity index (χ2n) is 17.0. The van der Waals surface area contributed by atoms with Crippen LogP contribution in [0.4, 0.5) is 0 Å². The molecule has 2 aromatic heterocycles. The Kier molecular flexibility index (Phi) is 9.29. The van der Waals surface area contributed by atoms with Gasteiger partial charge in [0.2, 0.25) is 0 Å². The summed E-state index contributed by atoms with van der Waals surface area (Å²) in [6.45, 7) is 13.0. The number of hydrogen-bond acceptors (Lipinski definition) is 4. The third kappa shape index (κ3) is 7.00. The van der Waals surface area contributed by atoms with Crippen molar-refractivity contribution in [1.29, 1.82) is 0 Å². The Hall–Kier alpha value is -7.44. The number of rotatable bonds is 8. The van der Waals surface area contributed by atoms with E-state index in [0.717, 1.165) is 77.9 Å². The number of nitrogens with zero attached hydrogens (tertiary/aromatic N) is 6. The summed E-state index contributed by atoms with van der Waals surface area (Å²) in [5, 5.41) is 18.7. The Bertz CT molecular complexity index is 2970. The molecule has 0 radical (unpaired) electrons. The van der Waals surface area contributed by atoms with Crippen molar-refractivity contribution in [3.8, 4) is 55.9 Å². The number of benzene rings is 8. The summed E-state index contributed by atoms with van der Waals surface area (Å²) < 4.78 is 3.90. The average Bonchev–Trinajstić information content (AvgIpc) is 3.90. The number of fused-ring (bicyclic) bond motifs is 2. The molecule has 0 spiro atoms. The Morgan fingerprint density at radius 2 is 0.623 bits per heavy atom. The third-order valence-corrected chi connectivity index (χ3v) is 12.3. The van der Waals surface area contributed by atoms with Crippen LogP contribution in [-0.4, -0.2) is 30.0 Å². The van der Waals surface area contributed by atoms with E-state index < -0.39 is 0 Å². The maximum Gasteiger partial charge on any atom is 0.114 e. The predicted molar refractivity (Wildman–Crippen MR) is 251 cm³/mol. The molecule has 0 atom stereocenters. The van der Waals surface area contributed by atoms with Gasteiger partial charge in [0.25, 0.3) is 0 Å². The lowest BCUT2D eigenvalue weighted by atomic mass is 9.78. The monoisotopic (exact) mass is 790 g/mol. The Morgan fingerprint density at radius 3 is 0.918 bits per heavy atom. The summed E-state index contributed by atoms with van der Waals surface area (Å²) in [6.07, 6.45) is 0. The lowest BCUT2D eigenvalue weighted by Crippen LogP contribution is -2.19. The molecule has 0 aliphatic rings. The lowest BCUT2D eigenvalue weighted by molar-refractivity contribution is 0.640. The highest BCUT2D eigenvalue weighted by Crippen LogP contribution is 2.39. The van der Waals surface area contributed by atoms with Crippen molar-refractivity contribution >= 4 is 22.1 Å². The van der Waals surface area contributed by atoms with E-state index in [4.69, 9.17) is 0 Å². The zero-order chi connectivity index (χ0) is 41.8. The Morgan fingerprint density at radius 1 is 0.344 bits per heavy atom. The van der Waals surface area contributed by atoms with Gasteiger partial charge in [-0.15, -0.1) is 10.2 Å². The zero-order valence-corrected chi connectivity index (χ0v) is 35.3. The van der Waals surface area contributed by atoms with Crippen molar-refractivity contribution in [2.45, 2.75) is 47.0 Å². The first-order valence-electron chi connectivity index (χ1n) is 20.9. The van der Waals surface area contributed by atoms with E-state index >= 15 is 0 Å². The van der Waals surface area contributed by atoms with E-state index in [-0.39, 0.29) is 5.41 Å². The second kappa shape index (κ2) is 15.0. The van der Waals surface area contributed by atoms with Crippen LogP contribution in [0.2, 0.25) is 0 Å². The fourth-order valence-electron chi connectivity index (χ4n) is 8.41. The molecule has 0 N–H and O–H groups in total. The molecule has 0 fully saturated rings. The first-order valence-corrected chi connectivity index (χ1v) is 20.9. The number of aromatic nitrogens is 6. The fraction of sp³-hybridized carbons (Fsp3) is 0.127. The van der Waals surface area contributed by atoms with Crippen LogP contribution < -0.4 is 0 Å². The Balaban J connectivity index is 0.961. The predicted octanol–water partition coefficient (Wildman–Crippen LogP) is 13.4. The van der Waals surface area contributed by atoms with Crippen LogP contribution in [-0.2, 0) is 5.41 Å². The minimum absolute atomic E-state index is 0.269. The molecule has 296 valence electrons. The van der Waals surface area contributed by atoms with Crippen LogP contribution in [0.1, 0.15) is 47.2 Å². The van der Waals surface area contributed by atoms with Crippen LogP contribution in [0.5, 0.6) is 0 Å². The van der Waals surface area contributed by atoms with E-state index in [9.17, 15) is 0 Å². The largest absolute Gasteiger partial charge is 0.213 e. The van der Waals surface area contributed by atoms with Gasteiger partial charge >= 0.3 is 0 Å². The minimum Gasteiger partial charge on any atom is -0.213 e. The van der Waals surface area contributed by atoms with Gasteiger partial charge in [0.1, 0.15) is 11.0 Å². The molecule has 6 nitrogen and oxygen atoms in total. The van der Waals surface area contributed by atoms with Crippen molar-refractivity contribution in [2.24, 2.45) is 0 Å². The van der Waals surface area contributed by atoms with Crippen molar-refractivity contribution in [2.75, 3.05) is 0 Å². The molecule has 0 saturated carbocycles. The SMILES string of the molecule is Cc1ccc(-c2cc3nnn(-c4ccc(C(C)(C)c5ccc(-n6nnc7cc(-c8ccc(C)cc8)c(-c8ccc(C)cc8)cc76)cc5)cc4)c3cc2-c2ccc(C)cc2)cc1. The van der Waals surface area contributed by atoms with Crippen molar-refractivity contribution in [3.63, 3.8) is 0 Å². The van der Waals surface area contributed by atoms with E-state index in [1.165, 1.54) is 33.4 Å². The smallest absolute Gasteiger partial charge is 0.114 e. The van der Waals surface area contributed by atoms with Gasteiger partial charge in [-0.25, -0.2) is 9.36 Å². The molecule has 0 aliphatic heterocycles. The molecule has 61 heavy (non-hydrogen) atoms. The van der Waals surface area contributed by atoms with E-state index in [0.29, 0.717) is 0 Å². The summed E-state index contributed by atoms with van der Waals surface area (Å²) in [6, 6.07) is 61.1. The highest BCUT2D eigenvalue weighted by molar-refractivity contribution is 5.95. The van der Waals surface area contributed by atoms with Gasteiger partial charge in [0.05, 0.1) is 22.4 Å². The van der Waals surface area contributed by atoms with Crippen LogP contribution in [0.15, 0.2) is 170 Å². The summed E-state index contributed by atoms with van der Waals surface area (Å²) >= 11 is 0. The topological polar surface area (TPSA) is 61.4 Å². The first kappa shape index (κ1) is 37.8. The molecule has 0 bridgehead atoms. The van der Waals surface area contributed by atoms with Gasteiger partial charge in [-0.05, 0) is 132 Å². The molecule has 10 rings (SSSR count). The quantitative estimate of drug-likeness (QED) is 0.154. The fourth-order valence-corrected chi connectivity index (χ4v) is 8.41. The van der Waals surface area contributed by atoms with Crippen molar-refractivity contribution in [3.05, 3.63) is 203 Å². The van der Waals surface area contributed by atoms with E-state index in [2.05, 4.69) is 232 Å². The molecule has 0 unspecified atom stereocenters. The normalized spacial score (nSPS) is 11.8. The number of hydrogen-bond donors (Lipinski definition) is 0. The van der Waals surface area contributed by atoms with Crippen LogP contribution in [0.3, 0.4) is 0 Å². The van der Waals surface area contributed by atoms with E-state index in [1.807, 2.05) is 9.36 Å². The summed E-state index contributed by atoms with van der Waals surface area (Å²) in [5.74, 6) is 0. The van der Waals surface area contributed by atoms with Gasteiger partial charge in [0, 0.05) is 5.41 Å². The summed E-state index contributed by atoms with van der Waals surface area (Å²) in [7, 11) is 0. The van der Waals surface area contributed by atoms with Gasteiger partial charge in [-0.3, -0.25) is 0 Å². The molecular formula is C55H46N6. The molecule has 6 heteroatoms. The van der Waals surface area contributed by atoms with Gasteiger partial charge in [0.15, 0.2) is 0 Å². The lowest BCUT2D eigenvalue weighted by Gasteiger charge is -2.26. The van der Waals surface area contributed by atoms with Crippen molar-refractivity contribution < 1.29 is 0 Å². The zero-order valence-electron chi connectivity index (χ0n) is 35.3. The first-order chi connectivity index (χ1) is 29.6. The van der Waals surface area contributed by atoms with Crippen LogP contribution in [0, 0.1) is 27.7 Å². The molecule has 2 heterocycles. The minimum atomic E-state index is -0.269. The third-order valence-electron chi connectivity index (χ3n) is 12.3. The second-order valence-corrected chi connectivity index (χ2v) is 17.0. The maximum atomic E-state index is 4.67. The summed E-state index contributed by atoms with van der Waals surface area (Å²) in [5.41, 5.74) is 21.9. The summed E-state index contributed by atoms with van der Waals surface area (Å²) in [4.78, 5) is 0. The molecule has 0 amide bonds. The van der Waals surface area contributed by atoms with Gasteiger partial charge < -0.3 is 0 Å². The van der Waals surface area contributed by atoms with Crippen LogP contribution in [0.25, 0.3) is 77.9 Å². The maximum absolute atomic E-state index is 4.67. The van der Waals surface area contributed by atoms with Crippen LogP contribution >= 0.6 is 0 Å². The van der Waals surface area contributed by atoms with Gasteiger partial charge in [-0.2, -0.15) is 0 Å². The highest BCUT2D eigenvalue weighted by atomic mass is 15.4. The van der Waals surface area contributed by atoms with Gasteiger partial charge in [-0.1, -0.05) is 168 Å². The molecular weight excluding hydrogens is 745 g/mol. The average molecular weight is 791 g/mol. The molecule has 0 saturated heterocycles. The number of aryl methyl sites for hydroxylation is 4. The Labute approximate surface area is 356 Å². The molecule has 0 aliphatic carbocycles. The standard InChI is InChI=1S/C55H46N6/c1-35-7-15-39(16-8-35)47-31-51-53(33-49(47)41-19-11-37(3)12-20-41)60(58-56-51)45-27-23-43(24-28-45)55(5,6)44-25-29-46(30-26-44)61-54-34-50(42-21-13-38(4)14-22-42)48(32-52(54)57-59-61)40-17-9-36(2)10-18-40/h7-34H,1-6H3. The van der Waals surface area contributed by atoms with Crippen molar-refractivity contribution in [1.82, 2.24) is 30.0 Å². The molecule has 8 aromatic carbocycles. The van der Waals surface area contributed by atoms with E-state index in [1.54, 1.807) is 0 Å². The molecule has 10 aromatic rings. The highest BCUT2D eigenvalue weighted by Gasteiger charge is 2.24.